The first kappa shape index (κ1) is 9.83. The fourth-order valence-corrected chi connectivity index (χ4v) is 1.03. The van der Waals surface area contributed by atoms with Gasteiger partial charge in [-0.15, -0.1) is 0 Å². The van der Waals surface area contributed by atoms with E-state index in [0.717, 1.165) is 0 Å². The lowest BCUT2D eigenvalue weighted by molar-refractivity contribution is 0.164. The van der Waals surface area contributed by atoms with Crippen molar-refractivity contribution in [1.82, 2.24) is 0 Å². The summed E-state index contributed by atoms with van der Waals surface area (Å²) in [6.45, 7) is 1.56. The molecular formula is C9H13NO3. The quantitative estimate of drug-likeness (QED) is 0.502. The number of aromatic hydroxyl groups is 2. The Hall–Kier alpha value is -1.26. The summed E-state index contributed by atoms with van der Waals surface area (Å²) < 4.78 is 0. The normalized spacial score (nSPS) is 15.3. The average Bonchev–Trinajstić information content (AvgIpc) is 2.08. The molecule has 0 radical (unpaired) electrons. The monoisotopic (exact) mass is 183 g/mol. The highest BCUT2D eigenvalue weighted by Gasteiger charge is 2.13. The lowest BCUT2D eigenvalue weighted by Gasteiger charge is -2.15. The van der Waals surface area contributed by atoms with Gasteiger partial charge in [0.15, 0.2) is 11.5 Å². The lowest BCUT2D eigenvalue weighted by Crippen LogP contribution is -2.22. The molecule has 4 nitrogen and oxygen atoms in total. The number of aliphatic hydroxyl groups excluding tert-OH is 1. The summed E-state index contributed by atoms with van der Waals surface area (Å²) in [6.07, 6.45) is -0.691. The van der Waals surface area contributed by atoms with Crippen molar-refractivity contribution in [3.05, 3.63) is 23.8 Å². The van der Waals surface area contributed by atoms with Gasteiger partial charge >= 0.3 is 0 Å². The average molecular weight is 183 g/mol. The molecule has 0 bridgehead atoms. The van der Waals surface area contributed by atoms with Crippen molar-refractivity contribution in [2.75, 3.05) is 0 Å². The summed E-state index contributed by atoms with van der Waals surface area (Å²) in [5, 5.41) is 27.3. The van der Waals surface area contributed by atoms with E-state index >= 15 is 0 Å². The summed E-state index contributed by atoms with van der Waals surface area (Å²) in [6, 6.07) is 3.69. The largest absolute Gasteiger partial charge is 0.504 e. The maximum Gasteiger partial charge on any atom is 0.157 e. The molecule has 0 amide bonds. The SMILES string of the molecule is C[C@@H](O)[C@H](N)c1ccc(O)c(O)c1. The van der Waals surface area contributed by atoms with Crippen molar-refractivity contribution in [3.8, 4) is 11.5 Å². The number of hydrogen-bond acceptors (Lipinski definition) is 4. The predicted molar refractivity (Wildman–Crippen MR) is 48.4 cm³/mol. The van der Waals surface area contributed by atoms with E-state index in [9.17, 15) is 0 Å². The van der Waals surface area contributed by atoms with E-state index < -0.39 is 12.1 Å². The topological polar surface area (TPSA) is 86.7 Å². The highest BCUT2D eigenvalue weighted by atomic mass is 16.3. The molecular weight excluding hydrogens is 170 g/mol. The Balaban J connectivity index is 2.97. The smallest absolute Gasteiger partial charge is 0.157 e. The van der Waals surface area contributed by atoms with E-state index in [0.29, 0.717) is 5.56 Å². The number of phenolic OH excluding ortho intramolecular Hbond substituents is 2. The van der Waals surface area contributed by atoms with Crippen molar-refractivity contribution in [2.24, 2.45) is 5.73 Å². The summed E-state index contributed by atoms with van der Waals surface area (Å²) in [7, 11) is 0. The van der Waals surface area contributed by atoms with Crippen molar-refractivity contribution < 1.29 is 15.3 Å². The summed E-state index contributed by atoms with van der Waals surface area (Å²) in [5.74, 6) is -0.421. The molecule has 0 saturated carbocycles. The van der Waals surface area contributed by atoms with Crippen molar-refractivity contribution in [2.45, 2.75) is 19.1 Å². The first-order chi connectivity index (χ1) is 6.02. The maximum atomic E-state index is 9.17. The third-order valence-electron chi connectivity index (χ3n) is 1.90. The van der Waals surface area contributed by atoms with Gasteiger partial charge in [-0.05, 0) is 24.6 Å². The van der Waals surface area contributed by atoms with Crippen LogP contribution < -0.4 is 5.73 Å². The first-order valence-corrected chi connectivity index (χ1v) is 3.98. The second-order valence-electron chi connectivity index (χ2n) is 3.01. The molecule has 1 rings (SSSR count). The van der Waals surface area contributed by atoms with E-state index in [1.165, 1.54) is 12.1 Å². The molecule has 0 aromatic heterocycles. The van der Waals surface area contributed by atoms with E-state index in [2.05, 4.69) is 0 Å². The van der Waals surface area contributed by atoms with Gasteiger partial charge in [-0.25, -0.2) is 0 Å². The van der Waals surface area contributed by atoms with E-state index in [1.807, 2.05) is 0 Å². The molecule has 0 fully saturated rings. The number of aliphatic hydroxyl groups is 1. The van der Waals surface area contributed by atoms with Crippen LogP contribution >= 0.6 is 0 Å². The van der Waals surface area contributed by atoms with Crippen molar-refractivity contribution in [1.29, 1.82) is 0 Å². The van der Waals surface area contributed by atoms with Gasteiger partial charge in [0.2, 0.25) is 0 Å². The van der Waals surface area contributed by atoms with Crippen LogP contribution in [0, 0.1) is 0 Å². The van der Waals surface area contributed by atoms with Gasteiger partial charge in [-0.2, -0.15) is 0 Å². The predicted octanol–water partition coefficient (Wildman–Crippen LogP) is 0.478. The summed E-state index contributed by atoms with van der Waals surface area (Å²) in [5.41, 5.74) is 6.20. The molecule has 0 spiro atoms. The van der Waals surface area contributed by atoms with E-state index in [4.69, 9.17) is 21.1 Å². The van der Waals surface area contributed by atoms with Gasteiger partial charge in [0.25, 0.3) is 0 Å². The zero-order valence-corrected chi connectivity index (χ0v) is 7.31. The molecule has 5 N–H and O–H groups in total. The van der Waals surface area contributed by atoms with Crippen LogP contribution in [-0.4, -0.2) is 21.4 Å². The molecule has 0 aliphatic heterocycles. The zero-order valence-electron chi connectivity index (χ0n) is 7.31. The fourth-order valence-electron chi connectivity index (χ4n) is 1.03. The number of rotatable bonds is 2. The zero-order chi connectivity index (χ0) is 10.0. The minimum absolute atomic E-state index is 0.193. The third-order valence-corrected chi connectivity index (χ3v) is 1.90. The van der Waals surface area contributed by atoms with Gasteiger partial charge in [0, 0.05) is 0 Å². The van der Waals surface area contributed by atoms with Gasteiger partial charge in [0.1, 0.15) is 0 Å². The van der Waals surface area contributed by atoms with Crippen LogP contribution in [-0.2, 0) is 0 Å². The van der Waals surface area contributed by atoms with Gasteiger partial charge in [0.05, 0.1) is 12.1 Å². The first-order valence-electron chi connectivity index (χ1n) is 3.98. The number of nitrogens with two attached hydrogens (primary N) is 1. The van der Waals surface area contributed by atoms with Crippen LogP contribution in [0.25, 0.3) is 0 Å². The van der Waals surface area contributed by atoms with Crippen LogP contribution in [0.15, 0.2) is 18.2 Å². The molecule has 0 unspecified atom stereocenters. The molecule has 0 heterocycles. The second-order valence-corrected chi connectivity index (χ2v) is 3.01. The van der Waals surface area contributed by atoms with Gasteiger partial charge in [-0.1, -0.05) is 6.07 Å². The third kappa shape index (κ3) is 2.11. The van der Waals surface area contributed by atoms with Crippen LogP contribution in [0.1, 0.15) is 18.5 Å². The Morgan fingerprint density at radius 1 is 1.23 bits per heavy atom. The maximum absolute atomic E-state index is 9.17. The summed E-state index contributed by atoms with van der Waals surface area (Å²) in [4.78, 5) is 0. The van der Waals surface area contributed by atoms with Crippen LogP contribution in [0.4, 0.5) is 0 Å². The highest BCUT2D eigenvalue weighted by Crippen LogP contribution is 2.27. The molecule has 72 valence electrons. The minimum Gasteiger partial charge on any atom is -0.504 e. The fraction of sp³-hybridized carbons (Fsp3) is 0.333. The Labute approximate surface area is 76.2 Å². The number of phenols is 2. The molecule has 0 aliphatic rings. The van der Waals surface area contributed by atoms with Crippen LogP contribution in [0.2, 0.25) is 0 Å². The van der Waals surface area contributed by atoms with Crippen LogP contribution in [0.3, 0.4) is 0 Å². The minimum atomic E-state index is -0.691. The molecule has 4 heteroatoms. The molecule has 2 atom stereocenters. The Bertz CT molecular complexity index is 299. The molecule has 0 aliphatic carbocycles. The standard InChI is InChI=1S/C9H13NO3/c1-5(11)9(10)6-2-3-7(12)8(13)4-6/h2-5,9,11-13H,10H2,1H3/t5-,9+/m1/s1. The molecule has 1 aromatic rings. The van der Waals surface area contributed by atoms with E-state index in [-0.39, 0.29) is 11.5 Å². The number of benzene rings is 1. The molecule has 1 aromatic carbocycles. The van der Waals surface area contributed by atoms with Gasteiger partial charge < -0.3 is 21.1 Å². The Morgan fingerprint density at radius 2 is 1.85 bits per heavy atom. The Kier molecular flexibility index (Phi) is 2.75. The summed E-state index contributed by atoms with van der Waals surface area (Å²) >= 11 is 0. The van der Waals surface area contributed by atoms with Crippen LogP contribution in [0.5, 0.6) is 11.5 Å². The second kappa shape index (κ2) is 3.64. The van der Waals surface area contributed by atoms with Gasteiger partial charge in [-0.3, -0.25) is 0 Å². The highest BCUT2D eigenvalue weighted by molar-refractivity contribution is 5.41. The number of hydrogen-bond donors (Lipinski definition) is 4. The molecule has 13 heavy (non-hydrogen) atoms. The lowest BCUT2D eigenvalue weighted by atomic mass is 10.0. The van der Waals surface area contributed by atoms with Crippen molar-refractivity contribution in [3.63, 3.8) is 0 Å². The Morgan fingerprint density at radius 3 is 2.31 bits per heavy atom. The van der Waals surface area contributed by atoms with Crippen molar-refractivity contribution >= 4 is 0 Å². The van der Waals surface area contributed by atoms with E-state index in [1.54, 1.807) is 13.0 Å². The molecule has 0 saturated heterocycles.